The molecule has 1 aromatic heterocycles. The summed E-state index contributed by atoms with van der Waals surface area (Å²) >= 11 is 6.05. The van der Waals surface area contributed by atoms with Crippen molar-refractivity contribution in [3.05, 3.63) is 47.1 Å². The van der Waals surface area contributed by atoms with Gasteiger partial charge in [-0.15, -0.1) is 0 Å². The van der Waals surface area contributed by atoms with Gasteiger partial charge < -0.3 is 19.5 Å². The molecule has 0 unspecified atom stereocenters. The molecule has 0 aliphatic carbocycles. The third-order valence-corrected chi connectivity index (χ3v) is 5.79. The lowest BCUT2D eigenvalue weighted by Gasteiger charge is -2.35. The first-order valence-electron chi connectivity index (χ1n) is 10.2. The number of rotatable bonds is 6. The summed E-state index contributed by atoms with van der Waals surface area (Å²) in [5.74, 6) is 2.11. The normalized spacial score (nSPS) is 19.3. The fourth-order valence-electron chi connectivity index (χ4n) is 3.90. The van der Waals surface area contributed by atoms with E-state index in [9.17, 15) is 4.79 Å². The van der Waals surface area contributed by atoms with Crippen LogP contribution in [0.1, 0.15) is 23.2 Å². The molecule has 0 saturated carbocycles. The minimum atomic E-state index is -0.146. The standard InChI is InChI=1S/C22H26ClN3O4/c1-28-22-18(3-2-8-24-22)21(27)25-12-15-6-9-26(10-7-15)13-17-14-29-19-5-4-16(23)11-20(19)30-17/h2-5,8,11,15,17H,6-7,9-10,12-14H2,1H3,(H,25,27)/t17-/m0/s1. The number of hydrogen-bond acceptors (Lipinski definition) is 6. The van der Waals surface area contributed by atoms with Gasteiger partial charge in [0.2, 0.25) is 5.88 Å². The number of piperidine rings is 1. The Labute approximate surface area is 181 Å². The fraction of sp³-hybridized carbons (Fsp3) is 0.455. The van der Waals surface area contributed by atoms with Gasteiger partial charge in [0.1, 0.15) is 18.3 Å². The zero-order valence-corrected chi connectivity index (χ0v) is 17.7. The molecule has 1 N–H and O–H groups in total. The van der Waals surface area contributed by atoms with Crippen LogP contribution >= 0.6 is 11.6 Å². The number of nitrogens with one attached hydrogen (secondary N) is 1. The maximum Gasteiger partial charge on any atom is 0.256 e. The van der Waals surface area contributed by atoms with Crippen molar-refractivity contribution in [1.82, 2.24) is 15.2 Å². The van der Waals surface area contributed by atoms with Crippen molar-refractivity contribution in [1.29, 1.82) is 0 Å². The van der Waals surface area contributed by atoms with Crippen molar-refractivity contribution < 1.29 is 19.0 Å². The summed E-state index contributed by atoms with van der Waals surface area (Å²) in [6.45, 7) is 3.95. The van der Waals surface area contributed by atoms with Crippen LogP contribution in [0.15, 0.2) is 36.5 Å². The van der Waals surface area contributed by atoms with E-state index in [1.54, 1.807) is 30.5 Å². The van der Waals surface area contributed by atoms with E-state index in [1.807, 2.05) is 6.07 Å². The van der Waals surface area contributed by atoms with Crippen LogP contribution in [0.25, 0.3) is 0 Å². The number of pyridine rings is 1. The van der Waals surface area contributed by atoms with Gasteiger partial charge in [-0.05, 0) is 56.1 Å². The van der Waals surface area contributed by atoms with Crippen LogP contribution in [0.4, 0.5) is 0 Å². The second kappa shape index (κ2) is 9.53. The Morgan fingerprint density at radius 1 is 1.30 bits per heavy atom. The molecule has 2 aliphatic heterocycles. The fourth-order valence-corrected chi connectivity index (χ4v) is 4.06. The number of ether oxygens (including phenoxy) is 3. The summed E-state index contributed by atoms with van der Waals surface area (Å²) in [6.07, 6.45) is 3.66. The molecule has 160 valence electrons. The summed E-state index contributed by atoms with van der Waals surface area (Å²) < 4.78 is 17.0. The maximum atomic E-state index is 12.4. The molecule has 30 heavy (non-hydrogen) atoms. The molecule has 0 bridgehead atoms. The molecule has 1 aromatic carbocycles. The summed E-state index contributed by atoms with van der Waals surface area (Å²) in [5.41, 5.74) is 0.465. The van der Waals surface area contributed by atoms with Crippen LogP contribution < -0.4 is 19.5 Å². The van der Waals surface area contributed by atoms with E-state index in [2.05, 4.69) is 15.2 Å². The molecular formula is C22H26ClN3O4. The minimum absolute atomic E-state index is 0.00901. The summed E-state index contributed by atoms with van der Waals surface area (Å²) in [4.78, 5) is 18.9. The van der Waals surface area contributed by atoms with E-state index < -0.39 is 0 Å². The van der Waals surface area contributed by atoms with E-state index in [4.69, 9.17) is 25.8 Å². The average Bonchev–Trinajstić information content (AvgIpc) is 2.78. The summed E-state index contributed by atoms with van der Waals surface area (Å²) in [7, 11) is 1.52. The maximum absolute atomic E-state index is 12.4. The molecule has 2 aliphatic rings. The summed E-state index contributed by atoms with van der Waals surface area (Å²) in [5, 5.41) is 3.66. The van der Waals surface area contributed by atoms with E-state index in [1.165, 1.54) is 7.11 Å². The predicted octanol–water partition coefficient (Wildman–Crippen LogP) is 3.03. The SMILES string of the molecule is COc1ncccc1C(=O)NCC1CCN(C[C@H]2COc3ccc(Cl)cc3O2)CC1. The first kappa shape index (κ1) is 20.8. The Morgan fingerprint density at radius 2 is 2.13 bits per heavy atom. The van der Waals surface area contributed by atoms with Gasteiger partial charge in [0, 0.05) is 30.4 Å². The van der Waals surface area contributed by atoms with E-state index in [0.29, 0.717) is 41.3 Å². The predicted molar refractivity (Wildman–Crippen MR) is 114 cm³/mol. The Hall–Kier alpha value is -2.51. The largest absolute Gasteiger partial charge is 0.486 e. The quantitative estimate of drug-likeness (QED) is 0.758. The van der Waals surface area contributed by atoms with Gasteiger partial charge in [-0.1, -0.05) is 11.6 Å². The van der Waals surface area contributed by atoms with Crippen LogP contribution in [0.2, 0.25) is 5.02 Å². The Bertz CT molecular complexity index is 886. The minimum Gasteiger partial charge on any atom is -0.486 e. The molecule has 0 spiro atoms. The number of carbonyl (C=O) groups is 1. The Morgan fingerprint density at radius 3 is 2.93 bits per heavy atom. The van der Waals surface area contributed by atoms with Gasteiger partial charge in [-0.2, -0.15) is 0 Å². The Balaban J connectivity index is 1.21. The number of hydrogen-bond donors (Lipinski definition) is 1. The highest BCUT2D eigenvalue weighted by Gasteiger charge is 2.26. The third kappa shape index (κ3) is 4.96. The number of halogens is 1. The van der Waals surface area contributed by atoms with Crippen molar-refractivity contribution in [3.63, 3.8) is 0 Å². The van der Waals surface area contributed by atoms with Crippen LogP contribution in [-0.2, 0) is 0 Å². The first-order valence-corrected chi connectivity index (χ1v) is 10.6. The van der Waals surface area contributed by atoms with Crippen LogP contribution in [0, 0.1) is 5.92 Å². The molecular weight excluding hydrogens is 406 g/mol. The smallest absolute Gasteiger partial charge is 0.256 e. The van der Waals surface area contributed by atoms with E-state index >= 15 is 0 Å². The highest BCUT2D eigenvalue weighted by molar-refractivity contribution is 6.30. The van der Waals surface area contributed by atoms with Crippen molar-refractivity contribution >= 4 is 17.5 Å². The van der Waals surface area contributed by atoms with Gasteiger partial charge in [0.05, 0.1) is 7.11 Å². The molecule has 1 atom stereocenters. The topological polar surface area (TPSA) is 72.9 Å². The number of carbonyl (C=O) groups excluding carboxylic acids is 1. The van der Waals surface area contributed by atoms with Crippen molar-refractivity contribution in [2.75, 3.05) is 39.9 Å². The molecule has 8 heteroatoms. The average molecular weight is 432 g/mol. The number of fused-ring (bicyclic) bond motifs is 1. The molecule has 1 amide bonds. The van der Waals surface area contributed by atoms with Gasteiger partial charge in [0.15, 0.2) is 11.5 Å². The zero-order valence-electron chi connectivity index (χ0n) is 17.0. The first-order chi connectivity index (χ1) is 14.6. The summed E-state index contributed by atoms with van der Waals surface area (Å²) in [6, 6.07) is 8.91. The molecule has 3 heterocycles. The molecule has 2 aromatic rings. The van der Waals surface area contributed by atoms with Crippen molar-refractivity contribution in [2.24, 2.45) is 5.92 Å². The second-order valence-electron chi connectivity index (χ2n) is 7.66. The van der Waals surface area contributed by atoms with Gasteiger partial charge in [0.25, 0.3) is 5.91 Å². The second-order valence-corrected chi connectivity index (χ2v) is 8.09. The number of amides is 1. The lowest BCUT2D eigenvalue weighted by molar-refractivity contribution is 0.0476. The number of nitrogens with zero attached hydrogens (tertiary/aromatic N) is 2. The van der Waals surface area contributed by atoms with Gasteiger partial charge in [-0.3, -0.25) is 9.69 Å². The molecule has 7 nitrogen and oxygen atoms in total. The van der Waals surface area contributed by atoms with Crippen LogP contribution in [0.5, 0.6) is 17.4 Å². The highest BCUT2D eigenvalue weighted by atomic mass is 35.5. The highest BCUT2D eigenvalue weighted by Crippen LogP contribution is 2.34. The monoisotopic (exact) mass is 431 g/mol. The van der Waals surface area contributed by atoms with Gasteiger partial charge >= 0.3 is 0 Å². The number of likely N-dealkylation sites (tertiary alicyclic amines) is 1. The lowest BCUT2D eigenvalue weighted by atomic mass is 9.96. The van der Waals surface area contributed by atoms with Gasteiger partial charge in [-0.25, -0.2) is 4.98 Å². The molecule has 1 fully saturated rings. The number of benzene rings is 1. The van der Waals surface area contributed by atoms with E-state index in [-0.39, 0.29) is 12.0 Å². The molecule has 4 rings (SSSR count). The number of methoxy groups -OCH3 is 1. The van der Waals surface area contributed by atoms with Crippen LogP contribution in [0.3, 0.4) is 0 Å². The van der Waals surface area contributed by atoms with Crippen molar-refractivity contribution in [3.8, 4) is 17.4 Å². The molecule has 1 saturated heterocycles. The zero-order chi connectivity index (χ0) is 20.9. The third-order valence-electron chi connectivity index (χ3n) is 5.55. The van der Waals surface area contributed by atoms with Crippen LogP contribution in [-0.4, -0.2) is 61.8 Å². The Kier molecular flexibility index (Phi) is 6.59. The van der Waals surface area contributed by atoms with Crippen molar-refractivity contribution in [2.45, 2.75) is 18.9 Å². The van der Waals surface area contributed by atoms with E-state index in [0.717, 1.165) is 38.2 Å². The lowest BCUT2D eigenvalue weighted by Crippen LogP contribution is -2.45. The number of aromatic nitrogens is 1. The molecule has 0 radical (unpaired) electrons.